The molecule has 0 bridgehead atoms. The fraction of sp³-hybridized carbons (Fsp3) is 0.310. The topological polar surface area (TPSA) is 72.8 Å². The van der Waals surface area contributed by atoms with Crippen LogP contribution < -0.4 is 9.47 Å². The molecule has 5 heteroatoms. The minimum atomic E-state index is -1.03. The van der Waals surface area contributed by atoms with E-state index in [0.29, 0.717) is 11.3 Å². The van der Waals surface area contributed by atoms with Crippen LogP contribution in [0.1, 0.15) is 72.6 Å². The van der Waals surface area contributed by atoms with Crippen molar-refractivity contribution < 1.29 is 24.2 Å². The lowest BCUT2D eigenvalue weighted by atomic mass is 10.0. The highest BCUT2D eigenvalue weighted by atomic mass is 16.5. The number of hydrogen-bond donors (Lipinski definition) is 1. The Kier molecular flexibility index (Phi) is 9.71. The number of hydrogen-bond acceptors (Lipinski definition) is 4. The maximum atomic E-state index is 12.4. The number of carbonyl (C=O) groups is 2. The number of carbonyl (C=O) groups excluding carboxylic acids is 1. The third-order valence-electron chi connectivity index (χ3n) is 5.64. The van der Waals surface area contributed by atoms with E-state index >= 15 is 0 Å². The molecular formula is C29H32O5. The molecule has 0 saturated heterocycles. The Balaban J connectivity index is 1.46. The third-order valence-corrected chi connectivity index (χ3v) is 5.64. The van der Waals surface area contributed by atoms with Crippen molar-refractivity contribution >= 4 is 11.9 Å². The van der Waals surface area contributed by atoms with E-state index < -0.39 is 11.9 Å². The van der Waals surface area contributed by atoms with E-state index in [-0.39, 0.29) is 5.56 Å². The van der Waals surface area contributed by atoms with E-state index in [4.69, 9.17) is 14.6 Å². The Morgan fingerprint density at radius 1 is 0.647 bits per heavy atom. The van der Waals surface area contributed by atoms with E-state index in [1.807, 2.05) is 36.4 Å². The fourth-order valence-corrected chi connectivity index (χ4v) is 3.62. The number of benzene rings is 3. The summed E-state index contributed by atoms with van der Waals surface area (Å²) >= 11 is 0. The predicted octanol–water partition coefficient (Wildman–Crippen LogP) is 7.40. The Hall–Kier alpha value is -3.60. The van der Waals surface area contributed by atoms with E-state index in [1.54, 1.807) is 12.1 Å². The van der Waals surface area contributed by atoms with Gasteiger partial charge in [-0.3, -0.25) is 0 Å². The van der Waals surface area contributed by atoms with Gasteiger partial charge in [0.15, 0.2) is 0 Å². The van der Waals surface area contributed by atoms with E-state index in [0.717, 1.165) is 29.9 Å². The number of rotatable bonds is 13. The molecule has 0 aliphatic heterocycles. The van der Waals surface area contributed by atoms with Crippen LogP contribution in [0, 0.1) is 0 Å². The molecule has 0 radical (unpaired) electrons. The third kappa shape index (κ3) is 7.77. The van der Waals surface area contributed by atoms with Crippen molar-refractivity contribution in [3.63, 3.8) is 0 Å². The number of ether oxygens (including phenoxy) is 2. The van der Waals surface area contributed by atoms with Crippen LogP contribution in [0.15, 0.2) is 72.8 Å². The summed E-state index contributed by atoms with van der Waals surface area (Å²) in [4.78, 5) is 23.3. The molecule has 34 heavy (non-hydrogen) atoms. The zero-order chi connectivity index (χ0) is 24.2. The molecule has 3 aromatic carbocycles. The highest BCUT2D eigenvalue weighted by Gasteiger charge is 2.10. The van der Waals surface area contributed by atoms with Gasteiger partial charge in [0.1, 0.15) is 11.5 Å². The number of esters is 1. The van der Waals surface area contributed by atoms with Crippen LogP contribution in [-0.4, -0.2) is 23.7 Å². The summed E-state index contributed by atoms with van der Waals surface area (Å²) in [6.45, 7) is 2.97. The second-order valence-corrected chi connectivity index (χ2v) is 8.29. The molecule has 0 fully saturated rings. The Labute approximate surface area is 201 Å². The van der Waals surface area contributed by atoms with Crippen molar-refractivity contribution in [3.8, 4) is 22.6 Å². The van der Waals surface area contributed by atoms with Crippen LogP contribution in [-0.2, 0) is 0 Å². The summed E-state index contributed by atoms with van der Waals surface area (Å²) in [6, 6.07) is 20.9. The van der Waals surface area contributed by atoms with Crippen LogP contribution in [0.4, 0.5) is 0 Å². The van der Waals surface area contributed by atoms with Crippen LogP contribution in [0.5, 0.6) is 11.5 Å². The first-order valence-corrected chi connectivity index (χ1v) is 12.0. The molecule has 3 aromatic rings. The lowest BCUT2D eigenvalue weighted by Crippen LogP contribution is -2.08. The average molecular weight is 461 g/mol. The van der Waals surface area contributed by atoms with Gasteiger partial charge in [-0.1, -0.05) is 69.7 Å². The van der Waals surface area contributed by atoms with Crippen molar-refractivity contribution in [2.75, 3.05) is 6.61 Å². The predicted molar refractivity (Wildman–Crippen MR) is 134 cm³/mol. The van der Waals surface area contributed by atoms with Crippen molar-refractivity contribution in [2.45, 2.75) is 51.9 Å². The molecule has 1 N–H and O–H groups in total. The van der Waals surface area contributed by atoms with Crippen molar-refractivity contribution in [2.24, 2.45) is 0 Å². The molecule has 0 amide bonds. The molecule has 0 atom stereocenters. The maximum Gasteiger partial charge on any atom is 0.343 e. The second kappa shape index (κ2) is 13.2. The molecule has 0 aliphatic carbocycles. The second-order valence-electron chi connectivity index (χ2n) is 8.29. The average Bonchev–Trinajstić information content (AvgIpc) is 2.86. The summed E-state index contributed by atoms with van der Waals surface area (Å²) in [5.74, 6) is -0.361. The summed E-state index contributed by atoms with van der Waals surface area (Å²) in [5.41, 5.74) is 2.58. The number of carboxylic acids is 1. The summed E-state index contributed by atoms with van der Waals surface area (Å²) in [6.07, 6.45) is 8.84. The Morgan fingerprint density at radius 3 is 1.74 bits per heavy atom. The zero-order valence-electron chi connectivity index (χ0n) is 19.7. The normalized spacial score (nSPS) is 10.6. The first-order valence-electron chi connectivity index (χ1n) is 12.0. The van der Waals surface area contributed by atoms with Crippen LogP contribution >= 0.6 is 0 Å². The van der Waals surface area contributed by atoms with Crippen LogP contribution in [0.3, 0.4) is 0 Å². The molecule has 178 valence electrons. The monoisotopic (exact) mass is 460 g/mol. The van der Waals surface area contributed by atoms with Gasteiger partial charge in [0.25, 0.3) is 0 Å². The molecule has 5 nitrogen and oxygen atoms in total. The molecule has 0 spiro atoms. The van der Waals surface area contributed by atoms with Gasteiger partial charge in [0.2, 0.25) is 0 Å². The van der Waals surface area contributed by atoms with Gasteiger partial charge in [-0.2, -0.15) is 0 Å². The van der Waals surface area contributed by atoms with Gasteiger partial charge in [0.05, 0.1) is 17.7 Å². The highest BCUT2D eigenvalue weighted by Crippen LogP contribution is 2.24. The minimum Gasteiger partial charge on any atom is -0.494 e. The van der Waals surface area contributed by atoms with E-state index in [2.05, 4.69) is 6.92 Å². The minimum absolute atomic E-state index is 0.137. The van der Waals surface area contributed by atoms with Crippen molar-refractivity contribution in [1.29, 1.82) is 0 Å². The van der Waals surface area contributed by atoms with Gasteiger partial charge in [-0.15, -0.1) is 0 Å². The SMILES string of the molecule is CCCCCCCCCOc1ccc(-c2ccc(C(=O)Oc3ccc(C(=O)O)cc3)cc2)cc1. The van der Waals surface area contributed by atoms with E-state index in [9.17, 15) is 9.59 Å². The number of unbranched alkanes of at least 4 members (excludes halogenated alkanes) is 6. The fourth-order valence-electron chi connectivity index (χ4n) is 3.62. The summed E-state index contributed by atoms with van der Waals surface area (Å²) in [5, 5.41) is 8.94. The molecule has 0 unspecified atom stereocenters. The van der Waals surface area contributed by atoms with Gasteiger partial charge >= 0.3 is 11.9 Å². The lowest BCUT2D eigenvalue weighted by molar-refractivity contribution is 0.0696. The Bertz CT molecular complexity index is 1040. The standard InChI is InChI=1S/C29H32O5/c1-2-3-4-5-6-7-8-21-33-26-17-13-23(14-18-26)22-9-11-25(12-10-22)29(32)34-27-19-15-24(16-20-27)28(30)31/h9-20H,2-8,21H2,1H3,(H,30,31). The van der Waals surface area contributed by atoms with Gasteiger partial charge < -0.3 is 14.6 Å². The van der Waals surface area contributed by atoms with Crippen molar-refractivity contribution in [1.82, 2.24) is 0 Å². The summed E-state index contributed by atoms with van der Waals surface area (Å²) < 4.78 is 11.2. The van der Waals surface area contributed by atoms with Gasteiger partial charge in [-0.25, -0.2) is 9.59 Å². The largest absolute Gasteiger partial charge is 0.494 e. The molecule has 0 heterocycles. The van der Waals surface area contributed by atoms with Crippen molar-refractivity contribution in [3.05, 3.63) is 83.9 Å². The molecule has 0 aliphatic rings. The lowest BCUT2D eigenvalue weighted by Gasteiger charge is -2.08. The molecule has 0 saturated carbocycles. The van der Waals surface area contributed by atoms with Gasteiger partial charge in [0, 0.05) is 0 Å². The smallest absolute Gasteiger partial charge is 0.343 e. The maximum absolute atomic E-state index is 12.4. The molecule has 3 rings (SSSR count). The number of carboxylic acid groups (broad SMARTS) is 1. The highest BCUT2D eigenvalue weighted by molar-refractivity contribution is 5.92. The summed E-state index contributed by atoms with van der Waals surface area (Å²) in [7, 11) is 0. The Morgan fingerprint density at radius 2 is 1.15 bits per heavy atom. The first-order chi connectivity index (χ1) is 16.6. The zero-order valence-corrected chi connectivity index (χ0v) is 19.7. The van der Waals surface area contributed by atoms with Crippen LogP contribution in [0.25, 0.3) is 11.1 Å². The molecule has 0 aromatic heterocycles. The molecular weight excluding hydrogens is 428 g/mol. The number of aromatic carboxylic acids is 1. The van der Waals surface area contributed by atoms with Crippen LogP contribution in [0.2, 0.25) is 0 Å². The van der Waals surface area contributed by atoms with E-state index in [1.165, 1.54) is 62.8 Å². The first kappa shape index (κ1) is 25.0. The van der Waals surface area contributed by atoms with Gasteiger partial charge in [-0.05, 0) is 66.1 Å². The quantitative estimate of drug-likeness (QED) is 0.163.